The number of benzene rings is 1. The molecule has 110 valence electrons. The second-order valence-corrected chi connectivity index (χ2v) is 9.59. The molecule has 0 radical (unpaired) electrons. The van der Waals surface area contributed by atoms with Gasteiger partial charge in [-0.25, -0.2) is 0 Å². The summed E-state index contributed by atoms with van der Waals surface area (Å²) in [5.41, 5.74) is -2.82. The normalized spacial score (nSPS) is 29.1. The molecule has 0 spiro atoms. The molecule has 1 aromatic rings. The molecule has 0 saturated heterocycles. The van der Waals surface area contributed by atoms with Crippen molar-refractivity contribution in [2.24, 2.45) is 5.92 Å². The molecule has 0 bridgehead atoms. The Morgan fingerprint density at radius 1 is 1.25 bits per heavy atom. The zero-order valence-corrected chi connectivity index (χ0v) is 12.9. The first-order chi connectivity index (χ1) is 9.25. The summed E-state index contributed by atoms with van der Waals surface area (Å²) in [6, 6.07) is 5.36. The van der Waals surface area contributed by atoms with Crippen molar-refractivity contribution in [2.45, 2.75) is 43.0 Å². The molecule has 1 aliphatic carbocycles. The SMILES string of the molecule is CC(C)c1ccc2c(c1)S(Cl)(C(F)(F)F)C(C1CC1)=C2. The van der Waals surface area contributed by atoms with Gasteiger partial charge in [0.1, 0.15) is 0 Å². The molecule has 1 saturated carbocycles. The molecule has 0 amide bonds. The zero-order valence-electron chi connectivity index (χ0n) is 11.3. The Kier molecular flexibility index (Phi) is 3.18. The largest absolute Gasteiger partial charge is 0.445 e. The Morgan fingerprint density at radius 3 is 2.40 bits per heavy atom. The molecule has 1 heterocycles. The molecule has 1 aromatic carbocycles. The van der Waals surface area contributed by atoms with E-state index in [9.17, 15) is 13.2 Å². The van der Waals surface area contributed by atoms with E-state index in [1.54, 1.807) is 18.2 Å². The zero-order chi connectivity index (χ0) is 14.7. The molecule has 5 heteroatoms. The van der Waals surface area contributed by atoms with Crippen LogP contribution in [0.5, 0.6) is 0 Å². The van der Waals surface area contributed by atoms with Gasteiger partial charge >= 0.3 is 5.51 Å². The van der Waals surface area contributed by atoms with Crippen molar-refractivity contribution in [3.8, 4) is 0 Å². The molecule has 1 aliphatic heterocycles. The Morgan fingerprint density at radius 2 is 1.90 bits per heavy atom. The van der Waals surface area contributed by atoms with Gasteiger partial charge in [-0.05, 0) is 72.8 Å². The average molecular weight is 321 g/mol. The maximum absolute atomic E-state index is 13.7. The molecule has 1 fully saturated rings. The van der Waals surface area contributed by atoms with Crippen LogP contribution in [-0.2, 0) is 0 Å². The van der Waals surface area contributed by atoms with Crippen molar-refractivity contribution < 1.29 is 13.2 Å². The van der Waals surface area contributed by atoms with Gasteiger partial charge in [-0.15, -0.1) is 0 Å². The number of alkyl halides is 3. The fraction of sp³-hybridized carbons (Fsp3) is 0.467. The first kappa shape index (κ1) is 14.3. The van der Waals surface area contributed by atoms with Gasteiger partial charge in [0.05, 0.1) is 0 Å². The minimum Gasteiger partial charge on any atom is -0.160 e. The maximum Gasteiger partial charge on any atom is 0.445 e. The minimum absolute atomic E-state index is 0.0269. The van der Waals surface area contributed by atoms with Gasteiger partial charge in [-0.3, -0.25) is 0 Å². The van der Waals surface area contributed by atoms with Crippen molar-refractivity contribution in [1.29, 1.82) is 0 Å². The van der Waals surface area contributed by atoms with E-state index in [1.165, 1.54) is 0 Å². The van der Waals surface area contributed by atoms with Crippen LogP contribution in [0.4, 0.5) is 13.2 Å². The summed E-state index contributed by atoms with van der Waals surface area (Å²) in [5, 5.41) is 0. The quantitative estimate of drug-likeness (QED) is 0.590. The highest BCUT2D eigenvalue weighted by Gasteiger charge is 2.58. The number of hydrogen-bond acceptors (Lipinski definition) is 0. The van der Waals surface area contributed by atoms with Crippen LogP contribution < -0.4 is 0 Å². The maximum atomic E-state index is 13.7. The fourth-order valence-electron chi connectivity index (χ4n) is 2.61. The predicted molar refractivity (Wildman–Crippen MR) is 79.0 cm³/mol. The molecular formula is C15H16ClF3S. The van der Waals surface area contributed by atoms with E-state index in [-0.39, 0.29) is 11.8 Å². The van der Waals surface area contributed by atoms with Crippen LogP contribution in [0.25, 0.3) is 6.08 Å². The lowest BCUT2D eigenvalue weighted by molar-refractivity contribution is -0.0360. The van der Waals surface area contributed by atoms with Crippen LogP contribution in [0.2, 0.25) is 0 Å². The number of rotatable bonds is 2. The summed E-state index contributed by atoms with van der Waals surface area (Å²) in [7, 11) is 2.87. The Hall–Kier alpha value is -0.610. The van der Waals surface area contributed by atoms with Crippen molar-refractivity contribution in [1.82, 2.24) is 0 Å². The lowest BCUT2D eigenvalue weighted by Crippen LogP contribution is -2.17. The van der Waals surface area contributed by atoms with Crippen LogP contribution in [0.1, 0.15) is 43.7 Å². The monoisotopic (exact) mass is 320 g/mol. The van der Waals surface area contributed by atoms with Gasteiger partial charge < -0.3 is 0 Å². The summed E-state index contributed by atoms with van der Waals surface area (Å²) < 4.78 is 41.0. The third-order valence-corrected chi connectivity index (χ3v) is 8.18. The summed E-state index contributed by atoms with van der Waals surface area (Å²) in [6.45, 7) is 3.95. The molecule has 1 unspecified atom stereocenters. The molecule has 1 atom stereocenters. The smallest absolute Gasteiger partial charge is 0.160 e. The molecule has 0 N–H and O–H groups in total. The number of halogens is 4. The minimum atomic E-state index is -4.39. The lowest BCUT2D eigenvalue weighted by atomic mass is 10.0. The van der Waals surface area contributed by atoms with Gasteiger partial charge in [0.2, 0.25) is 0 Å². The van der Waals surface area contributed by atoms with Crippen LogP contribution in [0.3, 0.4) is 0 Å². The number of fused-ring (bicyclic) bond motifs is 1. The topological polar surface area (TPSA) is 0 Å². The van der Waals surface area contributed by atoms with Crippen molar-refractivity contribution in [3.63, 3.8) is 0 Å². The van der Waals surface area contributed by atoms with E-state index in [0.717, 1.165) is 18.4 Å². The van der Waals surface area contributed by atoms with E-state index in [2.05, 4.69) is 0 Å². The average Bonchev–Trinajstić information content (AvgIpc) is 3.13. The van der Waals surface area contributed by atoms with Crippen LogP contribution in [-0.4, -0.2) is 5.51 Å². The van der Waals surface area contributed by atoms with Gasteiger partial charge in [0.25, 0.3) is 0 Å². The first-order valence-corrected chi connectivity index (χ1v) is 9.16. The first-order valence-electron chi connectivity index (χ1n) is 6.70. The highest BCUT2D eigenvalue weighted by Crippen LogP contribution is 2.82. The van der Waals surface area contributed by atoms with E-state index < -0.39 is 14.7 Å². The van der Waals surface area contributed by atoms with Crippen molar-refractivity contribution in [3.05, 3.63) is 34.2 Å². The van der Waals surface area contributed by atoms with Crippen LogP contribution in [0, 0.1) is 5.92 Å². The Labute approximate surface area is 122 Å². The summed E-state index contributed by atoms with van der Waals surface area (Å²) >= 11 is 0. The molecular weight excluding hydrogens is 305 g/mol. The highest BCUT2D eigenvalue weighted by atomic mass is 35.7. The fourth-order valence-corrected chi connectivity index (χ4v) is 6.03. The summed E-state index contributed by atoms with van der Waals surface area (Å²) in [6.07, 6.45) is 3.34. The molecule has 20 heavy (non-hydrogen) atoms. The molecule has 0 aromatic heterocycles. The second kappa shape index (κ2) is 4.44. The third kappa shape index (κ3) is 2.00. The van der Waals surface area contributed by atoms with Gasteiger partial charge in [-0.2, -0.15) is 13.2 Å². The summed E-state index contributed by atoms with van der Waals surface area (Å²) in [5.74, 6) is 0.220. The van der Waals surface area contributed by atoms with Crippen molar-refractivity contribution >= 4 is 26.0 Å². The highest BCUT2D eigenvalue weighted by molar-refractivity contribution is 8.54. The van der Waals surface area contributed by atoms with Gasteiger partial charge in [0, 0.05) is 4.90 Å². The predicted octanol–water partition coefficient (Wildman–Crippen LogP) is 6.41. The number of hydrogen-bond donors (Lipinski definition) is 0. The lowest BCUT2D eigenvalue weighted by Gasteiger charge is -2.35. The third-order valence-electron chi connectivity index (χ3n) is 3.93. The Balaban J connectivity index is 2.17. The second-order valence-electron chi connectivity index (χ2n) is 5.76. The number of allylic oxidation sites excluding steroid dienone is 1. The van der Waals surface area contributed by atoms with Gasteiger partial charge in [0.15, 0.2) is 0 Å². The van der Waals surface area contributed by atoms with Crippen LogP contribution in [0.15, 0.2) is 28.0 Å². The van der Waals surface area contributed by atoms with E-state index in [1.807, 2.05) is 19.9 Å². The molecule has 0 nitrogen and oxygen atoms in total. The standard InChI is InChI=1S/C15H16ClF3S/c1-9(2)11-5-6-12-8-13(10-3-4-10)20(16,14(12)7-11)15(17,18)19/h5-10H,3-4H2,1-2H3. The van der Waals surface area contributed by atoms with Gasteiger partial charge in [-0.1, -0.05) is 26.0 Å². The Bertz CT molecular complexity index is 587. The molecule has 2 aliphatic rings. The van der Waals surface area contributed by atoms with Crippen molar-refractivity contribution in [2.75, 3.05) is 0 Å². The van der Waals surface area contributed by atoms with E-state index >= 15 is 0 Å². The summed E-state index contributed by atoms with van der Waals surface area (Å²) in [4.78, 5) is 0.710. The van der Waals surface area contributed by atoms with E-state index in [4.69, 9.17) is 10.7 Å². The van der Waals surface area contributed by atoms with Crippen LogP contribution >= 0.6 is 19.9 Å². The van der Waals surface area contributed by atoms with E-state index in [0.29, 0.717) is 15.4 Å². The molecule has 3 rings (SSSR count).